The molecule has 43 heavy (non-hydrogen) atoms. The molecular weight excluding hydrogens is 536 g/mol. The molecule has 0 aliphatic rings. The predicted molar refractivity (Wildman–Crippen MR) is 182 cm³/mol. The molecule has 244 valence electrons. The van der Waals surface area contributed by atoms with Gasteiger partial charge in [-0.25, -0.2) is 0 Å². The quantitative estimate of drug-likeness (QED) is 0.0527. The highest BCUT2D eigenvalue weighted by Gasteiger charge is 2.15. The number of carbonyl (C=O) groups excluding carboxylic acids is 2. The summed E-state index contributed by atoms with van der Waals surface area (Å²) in [7, 11) is 0. The number of ether oxygens (including phenoxy) is 2. The van der Waals surface area contributed by atoms with Crippen molar-refractivity contribution in [2.75, 3.05) is 13.2 Å². The van der Waals surface area contributed by atoms with Gasteiger partial charge >= 0.3 is 11.9 Å². The summed E-state index contributed by atoms with van der Waals surface area (Å²) in [6.07, 6.45) is 43.9. The third kappa shape index (κ3) is 32.1. The van der Waals surface area contributed by atoms with Crippen LogP contribution in [0.2, 0.25) is 0 Å². The van der Waals surface area contributed by atoms with Crippen LogP contribution in [0.15, 0.2) is 72.9 Å². The molecule has 0 rings (SSSR count). The maximum absolute atomic E-state index is 12.1. The Morgan fingerprint density at radius 3 is 1.51 bits per heavy atom. The van der Waals surface area contributed by atoms with E-state index in [1.807, 2.05) is 0 Å². The fourth-order valence-electron chi connectivity index (χ4n) is 4.20. The molecular formula is C38H62O5. The Bertz CT molecular complexity index is 818. The van der Waals surface area contributed by atoms with E-state index in [1.165, 1.54) is 32.1 Å². The SMILES string of the molecule is CC/C=C\C/C=C\C/C=C\C/C=C\C/C=C\C/C=C\CCCCC(=O)OC(CO)COC(=O)CCCCCCCCCC. The summed E-state index contributed by atoms with van der Waals surface area (Å²) in [6.45, 7) is 3.92. The topological polar surface area (TPSA) is 72.8 Å². The van der Waals surface area contributed by atoms with Gasteiger partial charge in [0.15, 0.2) is 6.10 Å². The fourth-order valence-corrected chi connectivity index (χ4v) is 4.20. The minimum atomic E-state index is -0.793. The standard InChI is InChI=1S/C38H62O5/c1-3-5-7-9-11-13-14-15-16-17-18-19-20-21-22-23-24-25-27-29-31-33-38(41)43-36(34-39)35-42-37(40)32-30-28-26-12-10-8-6-4-2/h5,7,11,13,15-16,18-19,21-22,24-25,36,39H,3-4,6,8-10,12,14,17,20,23,26-35H2,1-2H3/b7-5-,13-11-,16-15-,19-18-,22-21-,25-24-. The van der Waals surface area contributed by atoms with Gasteiger partial charge in [-0.1, -0.05) is 132 Å². The van der Waals surface area contributed by atoms with Gasteiger partial charge in [0.1, 0.15) is 6.61 Å². The number of hydrogen-bond acceptors (Lipinski definition) is 5. The zero-order valence-corrected chi connectivity index (χ0v) is 27.4. The van der Waals surface area contributed by atoms with Crippen molar-refractivity contribution in [3.63, 3.8) is 0 Å². The first-order chi connectivity index (χ1) is 21.1. The number of allylic oxidation sites excluding steroid dienone is 12. The van der Waals surface area contributed by atoms with E-state index >= 15 is 0 Å². The Morgan fingerprint density at radius 1 is 0.558 bits per heavy atom. The number of aliphatic hydroxyl groups is 1. The molecule has 0 aromatic rings. The second-order valence-electron chi connectivity index (χ2n) is 10.9. The molecule has 0 spiro atoms. The average molecular weight is 599 g/mol. The van der Waals surface area contributed by atoms with Gasteiger partial charge in [-0.15, -0.1) is 0 Å². The normalized spacial score (nSPS) is 13.1. The molecule has 0 amide bonds. The van der Waals surface area contributed by atoms with Crippen molar-refractivity contribution in [3.05, 3.63) is 72.9 Å². The van der Waals surface area contributed by atoms with Crippen molar-refractivity contribution in [3.8, 4) is 0 Å². The Morgan fingerprint density at radius 2 is 1.00 bits per heavy atom. The predicted octanol–water partition coefficient (Wildman–Crippen LogP) is 10.2. The third-order valence-corrected chi connectivity index (χ3v) is 6.76. The van der Waals surface area contributed by atoms with Gasteiger partial charge in [0, 0.05) is 12.8 Å². The molecule has 0 aliphatic heterocycles. The van der Waals surface area contributed by atoms with E-state index in [2.05, 4.69) is 86.8 Å². The lowest BCUT2D eigenvalue weighted by Crippen LogP contribution is -2.28. The molecule has 0 radical (unpaired) electrons. The van der Waals surface area contributed by atoms with Gasteiger partial charge in [0.05, 0.1) is 6.61 Å². The van der Waals surface area contributed by atoms with Crippen molar-refractivity contribution < 1.29 is 24.2 Å². The Balaban J connectivity index is 3.73. The maximum atomic E-state index is 12.1. The monoisotopic (exact) mass is 598 g/mol. The first-order valence-electron chi connectivity index (χ1n) is 17.0. The zero-order chi connectivity index (χ0) is 31.5. The molecule has 5 nitrogen and oxygen atoms in total. The molecule has 1 atom stereocenters. The fraction of sp³-hybridized carbons (Fsp3) is 0.632. The van der Waals surface area contributed by atoms with Crippen LogP contribution in [0.3, 0.4) is 0 Å². The van der Waals surface area contributed by atoms with E-state index in [-0.39, 0.29) is 25.2 Å². The summed E-state index contributed by atoms with van der Waals surface area (Å²) >= 11 is 0. The van der Waals surface area contributed by atoms with Gasteiger partial charge in [0.2, 0.25) is 0 Å². The molecule has 0 bridgehead atoms. The minimum absolute atomic E-state index is 0.0867. The van der Waals surface area contributed by atoms with E-state index in [4.69, 9.17) is 9.47 Å². The van der Waals surface area contributed by atoms with E-state index in [0.29, 0.717) is 12.8 Å². The van der Waals surface area contributed by atoms with Crippen LogP contribution in [0, 0.1) is 0 Å². The minimum Gasteiger partial charge on any atom is -0.462 e. The third-order valence-electron chi connectivity index (χ3n) is 6.76. The van der Waals surface area contributed by atoms with Crippen molar-refractivity contribution in [2.45, 2.75) is 142 Å². The second-order valence-corrected chi connectivity index (χ2v) is 10.9. The molecule has 1 unspecified atom stereocenters. The lowest BCUT2D eigenvalue weighted by molar-refractivity contribution is -0.161. The van der Waals surface area contributed by atoms with Crippen LogP contribution in [0.5, 0.6) is 0 Å². The number of esters is 2. The van der Waals surface area contributed by atoms with Crippen molar-refractivity contribution in [1.82, 2.24) is 0 Å². The highest BCUT2D eigenvalue weighted by Crippen LogP contribution is 2.10. The maximum Gasteiger partial charge on any atom is 0.306 e. The van der Waals surface area contributed by atoms with E-state index in [0.717, 1.165) is 77.0 Å². The average Bonchev–Trinajstić information content (AvgIpc) is 3.01. The molecule has 0 saturated heterocycles. The second kappa shape index (κ2) is 33.8. The van der Waals surface area contributed by atoms with Crippen LogP contribution in [0.1, 0.15) is 136 Å². The van der Waals surface area contributed by atoms with Crippen LogP contribution in [-0.2, 0) is 19.1 Å². The summed E-state index contributed by atoms with van der Waals surface area (Å²) in [5.41, 5.74) is 0. The Labute approximate surface area is 263 Å². The number of hydrogen-bond donors (Lipinski definition) is 1. The van der Waals surface area contributed by atoms with Gasteiger partial charge < -0.3 is 14.6 Å². The summed E-state index contributed by atoms with van der Waals surface area (Å²) in [6, 6.07) is 0. The van der Waals surface area contributed by atoms with Crippen LogP contribution in [-0.4, -0.2) is 36.4 Å². The molecule has 0 fully saturated rings. The largest absolute Gasteiger partial charge is 0.462 e. The number of aliphatic hydroxyl groups excluding tert-OH is 1. The zero-order valence-electron chi connectivity index (χ0n) is 27.4. The molecule has 0 aromatic carbocycles. The summed E-state index contributed by atoms with van der Waals surface area (Å²) in [5.74, 6) is -0.655. The molecule has 5 heteroatoms. The van der Waals surface area contributed by atoms with Crippen LogP contribution in [0.4, 0.5) is 0 Å². The van der Waals surface area contributed by atoms with Crippen molar-refractivity contribution in [2.24, 2.45) is 0 Å². The van der Waals surface area contributed by atoms with Crippen LogP contribution >= 0.6 is 0 Å². The number of carbonyl (C=O) groups is 2. The van der Waals surface area contributed by atoms with Gasteiger partial charge in [-0.2, -0.15) is 0 Å². The molecule has 0 aromatic heterocycles. The van der Waals surface area contributed by atoms with Crippen LogP contribution in [0.25, 0.3) is 0 Å². The Hall–Kier alpha value is -2.66. The van der Waals surface area contributed by atoms with Gasteiger partial charge in [-0.05, 0) is 64.2 Å². The smallest absolute Gasteiger partial charge is 0.306 e. The molecule has 0 saturated carbocycles. The summed E-state index contributed by atoms with van der Waals surface area (Å²) in [5, 5.41) is 9.48. The molecule has 0 aliphatic carbocycles. The van der Waals surface area contributed by atoms with E-state index < -0.39 is 6.10 Å². The molecule has 1 N–H and O–H groups in total. The lowest BCUT2D eigenvalue weighted by Gasteiger charge is -2.15. The van der Waals surface area contributed by atoms with E-state index in [1.54, 1.807) is 0 Å². The van der Waals surface area contributed by atoms with Crippen molar-refractivity contribution in [1.29, 1.82) is 0 Å². The summed E-state index contributed by atoms with van der Waals surface area (Å²) in [4.78, 5) is 24.0. The van der Waals surface area contributed by atoms with Crippen LogP contribution < -0.4 is 0 Å². The highest BCUT2D eigenvalue weighted by atomic mass is 16.6. The summed E-state index contributed by atoms with van der Waals surface area (Å²) < 4.78 is 10.5. The van der Waals surface area contributed by atoms with Crippen molar-refractivity contribution >= 4 is 11.9 Å². The molecule has 0 heterocycles. The lowest BCUT2D eigenvalue weighted by atomic mass is 10.1. The van der Waals surface area contributed by atoms with E-state index in [9.17, 15) is 14.7 Å². The van der Waals surface area contributed by atoms with Gasteiger partial charge in [0.25, 0.3) is 0 Å². The first kappa shape index (κ1) is 40.3. The Kier molecular flexibility index (Phi) is 31.7. The van der Waals surface area contributed by atoms with Gasteiger partial charge in [-0.3, -0.25) is 9.59 Å². The number of rotatable bonds is 29. The first-order valence-corrected chi connectivity index (χ1v) is 17.0. The number of unbranched alkanes of at least 4 members (excludes halogenated alkanes) is 9. The highest BCUT2D eigenvalue weighted by molar-refractivity contribution is 5.70.